The maximum absolute atomic E-state index is 13.3. The van der Waals surface area contributed by atoms with Crippen molar-refractivity contribution < 1.29 is 14.5 Å². The first kappa shape index (κ1) is 23.9. The summed E-state index contributed by atoms with van der Waals surface area (Å²) in [5, 5.41) is 14.9. The number of aromatic nitrogens is 3. The standard InChI is InChI=1S/C26H30N6O4/c1-15-11-16(2)23(17(3)12-15)36-26(33)22-19(27-4)14-31-25(22)28-24(29-31)18-7-8-20(21(13-18)32(34)35)30-9-5-6-10-30/h7-8,13-17,23H,5-6,9-12H2,1-3H3,(H,28,29). The molecule has 2 aliphatic rings. The molecule has 2 fully saturated rings. The number of carbonyl (C=O) groups excluding carboxylic acids is 1. The smallest absolute Gasteiger partial charge is 0.331 e. The average Bonchev–Trinajstić information content (AvgIpc) is 3.57. The van der Waals surface area contributed by atoms with E-state index in [9.17, 15) is 14.9 Å². The van der Waals surface area contributed by atoms with Gasteiger partial charge in [-0.1, -0.05) is 20.8 Å². The fourth-order valence-corrected chi connectivity index (χ4v) is 5.98. The van der Waals surface area contributed by atoms with Crippen LogP contribution in [0.5, 0.6) is 0 Å². The Kier molecular flexibility index (Phi) is 6.16. The van der Waals surface area contributed by atoms with Crippen LogP contribution in [0.3, 0.4) is 0 Å². The summed E-state index contributed by atoms with van der Waals surface area (Å²) in [7, 11) is 0. The van der Waals surface area contributed by atoms with Gasteiger partial charge in [0.05, 0.1) is 11.5 Å². The predicted octanol–water partition coefficient (Wildman–Crippen LogP) is 5.62. The fraction of sp³-hybridized carbons (Fsp3) is 0.500. The van der Waals surface area contributed by atoms with Crippen molar-refractivity contribution in [2.45, 2.75) is 52.6 Å². The lowest BCUT2D eigenvalue weighted by Gasteiger charge is -2.37. The lowest BCUT2D eigenvalue weighted by Crippen LogP contribution is -2.37. The number of aromatic amines is 1. The van der Waals surface area contributed by atoms with Gasteiger partial charge in [-0.25, -0.2) is 14.6 Å². The van der Waals surface area contributed by atoms with Crippen molar-refractivity contribution in [3.63, 3.8) is 0 Å². The van der Waals surface area contributed by atoms with Crippen LogP contribution in [0.4, 0.5) is 17.1 Å². The van der Waals surface area contributed by atoms with Crippen molar-refractivity contribution >= 4 is 28.7 Å². The van der Waals surface area contributed by atoms with Crippen LogP contribution in [-0.4, -0.2) is 44.7 Å². The second kappa shape index (κ2) is 9.30. The third kappa shape index (κ3) is 4.19. The molecule has 2 atom stereocenters. The number of hydrogen-bond acceptors (Lipinski definition) is 6. The van der Waals surface area contributed by atoms with Crippen LogP contribution >= 0.6 is 0 Å². The predicted molar refractivity (Wildman–Crippen MR) is 135 cm³/mol. The summed E-state index contributed by atoms with van der Waals surface area (Å²) in [4.78, 5) is 34.9. The molecule has 1 saturated heterocycles. The zero-order chi connectivity index (χ0) is 25.6. The van der Waals surface area contributed by atoms with E-state index in [-0.39, 0.29) is 45.4 Å². The number of H-pyrrole nitrogens is 1. The van der Waals surface area contributed by atoms with Gasteiger partial charge in [0.1, 0.15) is 17.4 Å². The van der Waals surface area contributed by atoms with Gasteiger partial charge in [0.15, 0.2) is 11.5 Å². The summed E-state index contributed by atoms with van der Waals surface area (Å²) >= 11 is 0. The Labute approximate surface area is 209 Å². The van der Waals surface area contributed by atoms with Crippen molar-refractivity contribution in [2.75, 3.05) is 18.0 Å². The van der Waals surface area contributed by atoms with Gasteiger partial charge in [0.2, 0.25) is 5.69 Å². The maximum atomic E-state index is 13.3. The zero-order valence-corrected chi connectivity index (χ0v) is 20.7. The maximum Gasteiger partial charge on any atom is 0.331 e. The van der Waals surface area contributed by atoms with Gasteiger partial charge in [-0.3, -0.25) is 19.7 Å². The van der Waals surface area contributed by atoms with E-state index in [1.54, 1.807) is 12.1 Å². The largest absolute Gasteiger partial charge is 0.459 e. The van der Waals surface area contributed by atoms with Gasteiger partial charge in [0.25, 0.3) is 5.69 Å². The highest BCUT2D eigenvalue weighted by atomic mass is 16.6. The molecule has 3 heterocycles. The third-order valence-corrected chi connectivity index (χ3v) is 7.53. The lowest BCUT2D eigenvalue weighted by atomic mass is 9.75. The number of benzene rings is 1. The topological polar surface area (TPSA) is 110 Å². The molecule has 0 radical (unpaired) electrons. The Morgan fingerprint density at radius 2 is 1.92 bits per heavy atom. The van der Waals surface area contributed by atoms with Crippen LogP contribution in [0.1, 0.15) is 56.8 Å². The molecule has 5 rings (SSSR count). The van der Waals surface area contributed by atoms with Gasteiger partial charge in [-0.15, -0.1) is 0 Å². The van der Waals surface area contributed by atoms with Crippen molar-refractivity contribution in [2.24, 2.45) is 17.8 Å². The number of nitrogens with one attached hydrogen (secondary N) is 1. The van der Waals surface area contributed by atoms with Crippen LogP contribution in [0.25, 0.3) is 21.9 Å². The van der Waals surface area contributed by atoms with Crippen molar-refractivity contribution in [1.82, 2.24) is 14.6 Å². The van der Waals surface area contributed by atoms with E-state index in [0.717, 1.165) is 38.8 Å². The van der Waals surface area contributed by atoms with Crippen molar-refractivity contribution in [3.05, 3.63) is 51.5 Å². The highest BCUT2D eigenvalue weighted by molar-refractivity contribution is 6.03. The summed E-state index contributed by atoms with van der Waals surface area (Å²) in [5.41, 5.74) is 1.70. The molecule has 1 N–H and O–H groups in total. The number of anilines is 1. The molecule has 10 heteroatoms. The molecule has 10 nitrogen and oxygen atoms in total. The quantitative estimate of drug-likeness (QED) is 0.215. The van der Waals surface area contributed by atoms with E-state index in [1.807, 2.05) is 4.90 Å². The number of ether oxygens (including phenoxy) is 1. The number of esters is 1. The highest BCUT2D eigenvalue weighted by Gasteiger charge is 2.35. The molecule has 2 aromatic heterocycles. The number of nitro benzene ring substituents is 1. The molecule has 1 aromatic carbocycles. The van der Waals surface area contributed by atoms with Crippen LogP contribution in [0.2, 0.25) is 0 Å². The van der Waals surface area contributed by atoms with Gasteiger partial charge in [-0.2, -0.15) is 0 Å². The minimum Gasteiger partial charge on any atom is -0.459 e. The number of nitrogens with zero attached hydrogens (tertiary/aromatic N) is 5. The Morgan fingerprint density at radius 3 is 2.56 bits per heavy atom. The molecular formula is C26H30N6O4. The van der Waals surface area contributed by atoms with Crippen molar-refractivity contribution in [3.8, 4) is 11.4 Å². The van der Waals surface area contributed by atoms with Crippen LogP contribution in [0.15, 0.2) is 24.4 Å². The van der Waals surface area contributed by atoms with Crippen molar-refractivity contribution in [1.29, 1.82) is 0 Å². The normalized spacial score (nSPS) is 24.1. The molecule has 1 saturated carbocycles. The Hall–Kier alpha value is -3.87. The summed E-state index contributed by atoms with van der Waals surface area (Å²) in [6, 6.07) is 5.05. The number of nitro groups is 1. The monoisotopic (exact) mass is 490 g/mol. The second-order valence-electron chi connectivity index (χ2n) is 10.3. The molecule has 36 heavy (non-hydrogen) atoms. The zero-order valence-electron chi connectivity index (χ0n) is 20.7. The Bertz CT molecular complexity index is 1350. The van der Waals surface area contributed by atoms with Gasteiger partial charge in [0, 0.05) is 30.9 Å². The summed E-state index contributed by atoms with van der Waals surface area (Å²) < 4.78 is 7.46. The summed E-state index contributed by atoms with van der Waals surface area (Å²) in [5.74, 6) is 0.855. The van der Waals surface area contributed by atoms with Gasteiger partial charge >= 0.3 is 5.97 Å². The number of hydrogen-bond donors (Lipinski definition) is 1. The molecule has 0 spiro atoms. The first-order chi connectivity index (χ1) is 17.3. The summed E-state index contributed by atoms with van der Waals surface area (Å²) in [6.45, 7) is 15.6. The van der Waals surface area contributed by atoms with E-state index in [2.05, 4.69) is 35.7 Å². The molecule has 0 amide bonds. The fourth-order valence-electron chi connectivity index (χ4n) is 5.98. The van der Waals surface area contributed by atoms with Gasteiger partial charge in [-0.05, 0) is 55.6 Å². The SMILES string of the molecule is [C-]#[N+]c1cn2[nH]c(-c3ccc(N4CCCC4)c([N+](=O)[O-])c3)nc2c1C(=O)OC1C(C)CC(C)CC1C. The second-order valence-corrected chi connectivity index (χ2v) is 10.3. The first-order valence-electron chi connectivity index (χ1n) is 12.5. The number of rotatable bonds is 5. The van der Waals surface area contributed by atoms with Gasteiger partial charge < -0.3 is 9.64 Å². The molecular weight excluding hydrogens is 460 g/mol. The van der Waals surface area contributed by atoms with Crippen LogP contribution < -0.4 is 4.90 Å². The molecule has 3 aromatic rings. The van der Waals surface area contributed by atoms with E-state index in [1.165, 1.54) is 16.8 Å². The van der Waals surface area contributed by atoms with Crippen LogP contribution in [-0.2, 0) is 4.74 Å². The Morgan fingerprint density at radius 1 is 1.22 bits per heavy atom. The van der Waals surface area contributed by atoms with E-state index in [4.69, 9.17) is 11.3 Å². The minimum absolute atomic E-state index is 0.0199. The summed E-state index contributed by atoms with van der Waals surface area (Å²) in [6.07, 6.45) is 5.30. The number of carbonyl (C=O) groups is 1. The first-order valence-corrected chi connectivity index (χ1v) is 12.5. The highest BCUT2D eigenvalue weighted by Crippen LogP contribution is 2.38. The minimum atomic E-state index is -0.560. The Balaban J connectivity index is 1.48. The third-order valence-electron chi connectivity index (χ3n) is 7.53. The van der Waals surface area contributed by atoms with E-state index >= 15 is 0 Å². The molecule has 2 unspecified atom stereocenters. The number of fused-ring (bicyclic) bond motifs is 1. The van der Waals surface area contributed by atoms with E-state index in [0.29, 0.717) is 23.0 Å². The average molecular weight is 491 g/mol. The molecule has 0 bridgehead atoms. The molecule has 1 aliphatic carbocycles. The molecule has 1 aliphatic heterocycles. The molecule has 188 valence electrons. The van der Waals surface area contributed by atoms with E-state index < -0.39 is 5.97 Å². The lowest BCUT2D eigenvalue weighted by molar-refractivity contribution is -0.384. The van der Waals surface area contributed by atoms with Crippen LogP contribution in [0, 0.1) is 34.4 Å².